The first-order chi connectivity index (χ1) is 19.2. The smallest absolute Gasteiger partial charge is 0.406 e. The molecule has 0 spiro atoms. The van der Waals surface area contributed by atoms with Crippen molar-refractivity contribution in [3.8, 4) is 17.9 Å². The number of halogens is 7. The lowest BCUT2D eigenvalue weighted by molar-refractivity contribution is -0.138. The van der Waals surface area contributed by atoms with Gasteiger partial charge in [-0.1, -0.05) is 32.6 Å². The molecule has 0 bridgehead atoms. The van der Waals surface area contributed by atoms with Crippen LogP contribution in [0.2, 0.25) is 18.1 Å². The van der Waals surface area contributed by atoms with Gasteiger partial charge in [0.2, 0.25) is 5.91 Å². The molecule has 226 valence electrons. The van der Waals surface area contributed by atoms with Crippen molar-refractivity contribution in [2.45, 2.75) is 75.9 Å². The van der Waals surface area contributed by atoms with E-state index in [1.54, 1.807) is 0 Å². The average molecular weight is 613 g/mol. The molecule has 1 unspecified atom stereocenters. The standard InChI is InChI=1S/C30H31F7N2O2Si/c1-27(2,3)42(4,5)41-14-6-7-19(26(40)39-22-10-8-20(18-38)23(16-22)30(35,36)37)17-28(12-13-28)24-15-21(29(32,33)34)9-11-25(24)31/h8-11,15-16,19H,12-14,17H2,1-5H3,(H,39,40). The summed E-state index contributed by atoms with van der Waals surface area (Å²) in [6.45, 7) is 10.0. The van der Waals surface area contributed by atoms with E-state index >= 15 is 0 Å². The maximum Gasteiger partial charge on any atom is 0.417 e. The van der Waals surface area contributed by atoms with Crippen LogP contribution in [-0.2, 0) is 27.0 Å². The van der Waals surface area contributed by atoms with E-state index in [4.69, 9.17) is 9.69 Å². The van der Waals surface area contributed by atoms with Crippen molar-refractivity contribution in [1.29, 1.82) is 5.26 Å². The molecule has 1 amide bonds. The molecule has 1 aliphatic rings. The number of nitrogens with one attached hydrogen (secondary N) is 1. The van der Waals surface area contributed by atoms with Crippen LogP contribution in [0.25, 0.3) is 0 Å². The van der Waals surface area contributed by atoms with Crippen LogP contribution in [-0.4, -0.2) is 20.8 Å². The number of hydrogen-bond acceptors (Lipinski definition) is 3. The molecule has 1 fully saturated rings. The Hall–Kier alpha value is -3.35. The summed E-state index contributed by atoms with van der Waals surface area (Å²) in [6.07, 6.45) is -9.13. The Labute approximate surface area is 241 Å². The Bertz CT molecular complexity index is 1440. The minimum absolute atomic E-state index is 0.0414. The Kier molecular flexibility index (Phi) is 9.26. The largest absolute Gasteiger partial charge is 0.417 e. The number of amides is 1. The molecule has 0 radical (unpaired) electrons. The second kappa shape index (κ2) is 11.7. The molecule has 1 atom stereocenters. The number of hydrogen-bond donors (Lipinski definition) is 1. The third kappa shape index (κ3) is 7.72. The van der Waals surface area contributed by atoms with E-state index in [0.29, 0.717) is 25.0 Å². The van der Waals surface area contributed by atoms with Gasteiger partial charge in [-0.3, -0.25) is 4.79 Å². The Morgan fingerprint density at radius 1 is 1.05 bits per heavy atom. The lowest BCUT2D eigenvalue weighted by Crippen LogP contribution is -2.40. The number of benzene rings is 2. The summed E-state index contributed by atoms with van der Waals surface area (Å²) < 4.78 is 101. The first kappa shape index (κ1) is 33.2. The molecule has 2 aromatic carbocycles. The van der Waals surface area contributed by atoms with Gasteiger partial charge >= 0.3 is 12.4 Å². The third-order valence-electron chi connectivity index (χ3n) is 7.93. The van der Waals surface area contributed by atoms with Crippen LogP contribution < -0.4 is 5.32 Å². The lowest BCUT2D eigenvalue weighted by Gasteiger charge is -2.35. The monoisotopic (exact) mass is 612 g/mol. The molecular formula is C30H31F7N2O2Si. The second-order valence-corrected chi connectivity index (χ2v) is 16.8. The topological polar surface area (TPSA) is 62.1 Å². The van der Waals surface area contributed by atoms with Gasteiger partial charge in [0.15, 0.2) is 8.32 Å². The maximum atomic E-state index is 14.8. The molecule has 12 heteroatoms. The number of rotatable bonds is 7. The summed E-state index contributed by atoms with van der Waals surface area (Å²) in [6, 6.07) is 6.26. The van der Waals surface area contributed by atoms with E-state index in [1.807, 2.05) is 33.9 Å². The molecule has 2 aromatic rings. The molecule has 1 N–H and O–H groups in total. The zero-order valence-electron chi connectivity index (χ0n) is 23.8. The molecule has 0 saturated heterocycles. The Morgan fingerprint density at radius 3 is 2.21 bits per heavy atom. The molecule has 0 heterocycles. The highest BCUT2D eigenvalue weighted by molar-refractivity contribution is 6.74. The molecular weight excluding hydrogens is 581 g/mol. The highest BCUT2D eigenvalue weighted by Gasteiger charge is 2.49. The fraction of sp³-hybridized carbons (Fsp3) is 0.467. The molecule has 3 rings (SSSR count). The number of nitriles is 1. The van der Waals surface area contributed by atoms with Crippen LogP contribution in [0, 0.1) is 34.9 Å². The first-order valence-electron chi connectivity index (χ1n) is 13.1. The van der Waals surface area contributed by atoms with Crippen molar-refractivity contribution in [1.82, 2.24) is 0 Å². The molecule has 4 nitrogen and oxygen atoms in total. The van der Waals surface area contributed by atoms with E-state index in [1.165, 1.54) is 6.07 Å². The summed E-state index contributed by atoms with van der Waals surface area (Å²) in [4.78, 5) is 13.4. The summed E-state index contributed by atoms with van der Waals surface area (Å²) in [7, 11) is -2.21. The van der Waals surface area contributed by atoms with Gasteiger partial charge in [0.1, 0.15) is 11.7 Å². The predicted octanol–water partition coefficient (Wildman–Crippen LogP) is 8.44. The van der Waals surface area contributed by atoms with E-state index in [2.05, 4.69) is 17.2 Å². The van der Waals surface area contributed by atoms with Crippen molar-refractivity contribution in [3.05, 3.63) is 64.5 Å². The highest BCUT2D eigenvalue weighted by Crippen LogP contribution is 2.54. The van der Waals surface area contributed by atoms with Crippen molar-refractivity contribution in [3.63, 3.8) is 0 Å². The average Bonchev–Trinajstić information content (AvgIpc) is 3.64. The van der Waals surface area contributed by atoms with Crippen molar-refractivity contribution < 1.29 is 40.0 Å². The lowest BCUT2D eigenvalue weighted by atomic mass is 9.84. The fourth-order valence-electron chi connectivity index (χ4n) is 4.22. The first-order valence-corrected chi connectivity index (χ1v) is 16.0. The predicted molar refractivity (Wildman–Crippen MR) is 146 cm³/mol. The van der Waals surface area contributed by atoms with Crippen LogP contribution in [0.3, 0.4) is 0 Å². The molecule has 0 aromatic heterocycles. The van der Waals surface area contributed by atoms with Crippen molar-refractivity contribution in [2.24, 2.45) is 5.92 Å². The number of carbonyl (C=O) groups is 1. The van der Waals surface area contributed by atoms with Gasteiger partial charge in [0.25, 0.3) is 0 Å². The van der Waals surface area contributed by atoms with Crippen LogP contribution in [0.5, 0.6) is 0 Å². The van der Waals surface area contributed by atoms with Gasteiger partial charge in [0.05, 0.1) is 29.4 Å². The zero-order valence-corrected chi connectivity index (χ0v) is 24.8. The van der Waals surface area contributed by atoms with Gasteiger partial charge in [-0.25, -0.2) is 4.39 Å². The quantitative estimate of drug-likeness (QED) is 0.194. The number of nitrogens with zero attached hydrogens (tertiary/aromatic N) is 1. The van der Waals surface area contributed by atoms with Crippen LogP contribution >= 0.6 is 0 Å². The van der Waals surface area contributed by atoms with Crippen LogP contribution in [0.1, 0.15) is 62.3 Å². The van der Waals surface area contributed by atoms with E-state index < -0.39 is 60.4 Å². The van der Waals surface area contributed by atoms with Crippen molar-refractivity contribution >= 4 is 19.9 Å². The molecule has 1 aliphatic carbocycles. The summed E-state index contributed by atoms with van der Waals surface area (Å²) in [5.41, 5.74) is -4.44. The third-order valence-corrected chi connectivity index (χ3v) is 12.4. The van der Waals surface area contributed by atoms with Crippen LogP contribution in [0.15, 0.2) is 36.4 Å². The number of alkyl halides is 6. The van der Waals surface area contributed by atoms with Crippen molar-refractivity contribution in [2.75, 3.05) is 11.9 Å². The van der Waals surface area contributed by atoms with Gasteiger partial charge in [-0.2, -0.15) is 31.6 Å². The molecule has 1 saturated carbocycles. The van der Waals surface area contributed by atoms with E-state index in [-0.39, 0.29) is 29.3 Å². The minimum atomic E-state index is -4.86. The SMILES string of the molecule is CC(C)(C)[Si](C)(C)OCC#CC(CC1(c2cc(C(F)(F)F)ccc2F)CC1)C(=O)Nc1ccc(C#N)c(C(F)(F)F)c1. The fourth-order valence-corrected chi connectivity index (χ4v) is 5.09. The number of carbonyl (C=O) groups excluding carboxylic acids is 1. The van der Waals surface area contributed by atoms with E-state index in [0.717, 1.165) is 24.3 Å². The summed E-state index contributed by atoms with van der Waals surface area (Å²) in [5, 5.41) is 11.3. The Balaban J connectivity index is 1.95. The summed E-state index contributed by atoms with van der Waals surface area (Å²) >= 11 is 0. The minimum Gasteiger partial charge on any atom is -0.406 e. The molecule has 0 aliphatic heterocycles. The number of anilines is 1. The zero-order chi connectivity index (χ0) is 31.7. The maximum absolute atomic E-state index is 14.8. The molecule has 42 heavy (non-hydrogen) atoms. The Morgan fingerprint density at radius 2 is 1.69 bits per heavy atom. The summed E-state index contributed by atoms with van der Waals surface area (Å²) in [5.74, 6) is 2.69. The van der Waals surface area contributed by atoms with Gasteiger partial charge < -0.3 is 9.74 Å². The van der Waals surface area contributed by atoms with E-state index in [9.17, 15) is 35.5 Å². The van der Waals surface area contributed by atoms with Gasteiger partial charge in [-0.15, -0.1) is 0 Å². The van der Waals surface area contributed by atoms with Crippen LogP contribution in [0.4, 0.5) is 36.4 Å². The normalized spacial score (nSPS) is 15.7. The van der Waals surface area contributed by atoms with Gasteiger partial charge in [0, 0.05) is 5.69 Å². The van der Waals surface area contributed by atoms with Gasteiger partial charge in [-0.05, 0) is 84.8 Å². The highest BCUT2D eigenvalue weighted by atomic mass is 28.4. The second-order valence-electron chi connectivity index (χ2n) is 12.0.